The number of unbranched alkanes of at least 4 members (excludes halogenated alkanes) is 1. The van der Waals surface area contributed by atoms with Gasteiger partial charge in [0.1, 0.15) is 11.3 Å². The number of fused-ring (bicyclic) bond motifs is 1. The molecule has 0 radical (unpaired) electrons. The van der Waals surface area contributed by atoms with Gasteiger partial charge in [-0.2, -0.15) is 0 Å². The Bertz CT molecular complexity index is 1110. The standard InChI is InChI=1S/C23H27NO4S/c1-4-6-13-21-19(17-11-7-9-14-20(17)28-21)16-24(3)23(25)18-12-8-10-15-22(18)29(26,27)5-2/h7-12,14-15H,4-6,13,16H2,1-3H3. The predicted octanol–water partition coefficient (Wildman–Crippen LogP) is 4.84. The third-order valence-corrected chi connectivity index (χ3v) is 6.90. The summed E-state index contributed by atoms with van der Waals surface area (Å²) in [6.45, 7) is 4.07. The fraction of sp³-hybridized carbons (Fsp3) is 0.348. The van der Waals surface area contributed by atoms with Crippen molar-refractivity contribution in [3.8, 4) is 0 Å². The monoisotopic (exact) mass is 413 g/mol. The minimum absolute atomic E-state index is 0.0471. The molecule has 1 aromatic heterocycles. The molecule has 1 amide bonds. The van der Waals surface area contributed by atoms with Crippen LogP contribution in [0.5, 0.6) is 0 Å². The summed E-state index contributed by atoms with van der Waals surface area (Å²) < 4.78 is 30.9. The van der Waals surface area contributed by atoms with Crippen molar-refractivity contribution >= 4 is 26.7 Å². The molecule has 0 atom stereocenters. The number of benzene rings is 2. The predicted molar refractivity (Wildman–Crippen MR) is 115 cm³/mol. The first-order chi connectivity index (χ1) is 13.9. The van der Waals surface area contributed by atoms with Gasteiger partial charge in [-0.1, -0.05) is 50.6 Å². The van der Waals surface area contributed by atoms with Gasteiger partial charge >= 0.3 is 0 Å². The number of amides is 1. The number of nitrogens with zero attached hydrogens (tertiary/aromatic N) is 1. The zero-order valence-corrected chi connectivity index (χ0v) is 18.0. The van der Waals surface area contributed by atoms with Crippen molar-refractivity contribution in [1.82, 2.24) is 4.90 Å². The van der Waals surface area contributed by atoms with E-state index in [1.54, 1.807) is 37.1 Å². The summed E-state index contributed by atoms with van der Waals surface area (Å²) in [6, 6.07) is 14.2. The van der Waals surface area contributed by atoms with E-state index in [2.05, 4.69) is 6.92 Å². The minimum atomic E-state index is -3.49. The first-order valence-electron chi connectivity index (χ1n) is 9.95. The molecule has 2 aromatic carbocycles. The van der Waals surface area contributed by atoms with E-state index in [4.69, 9.17) is 4.42 Å². The molecular weight excluding hydrogens is 386 g/mol. The number of carbonyl (C=O) groups is 1. The topological polar surface area (TPSA) is 67.6 Å². The molecule has 0 aliphatic heterocycles. The van der Waals surface area contributed by atoms with Crippen LogP contribution in [-0.4, -0.2) is 32.0 Å². The molecule has 3 aromatic rings. The molecule has 0 unspecified atom stereocenters. The lowest BCUT2D eigenvalue weighted by Gasteiger charge is -2.19. The molecule has 5 nitrogen and oxygen atoms in total. The van der Waals surface area contributed by atoms with Crippen LogP contribution in [0.15, 0.2) is 57.8 Å². The lowest BCUT2D eigenvalue weighted by Crippen LogP contribution is -2.28. The Morgan fingerprint density at radius 2 is 1.72 bits per heavy atom. The summed E-state index contributed by atoms with van der Waals surface area (Å²) in [6.07, 6.45) is 2.86. The highest BCUT2D eigenvalue weighted by molar-refractivity contribution is 7.91. The molecule has 0 N–H and O–H groups in total. The van der Waals surface area contributed by atoms with Gasteiger partial charge in [-0.25, -0.2) is 8.42 Å². The number of furan rings is 1. The highest BCUT2D eigenvalue weighted by Gasteiger charge is 2.24. The Hall–Kier alpha value is -2.60. The van der Waals surface area contributed by atoms with E-state index >= 15 is 0 Å². The van der Waals surface area contributed by atoms with Crippen LogP contribution >= 0.6 is 0 Å². The van der Waals surface area contributed by atoms with Crippen molar-refractivity contribution in [2.75, 3.05) is 12.8 Å². The largest absolute Gasteiger partial charge is 0.461 e. The summed E-state index contributed by atoms with van der Waals surface area (Å²) in [5, 5.41) is 0.993. The summed E-state index contributed by atoms with van der Waals surface area (Å²) >= 11 is 0. The van der Waals surface area contributed by atoms with E-state index in [9.17, 15) is 13.2 Å². The highest BCUT2D eigenvalue weighted by atomic mass is 32.2. The molecule has 6 heteroatoms. The smallest absolute Gasteiger partial charge is 0.255 e. The first-order valence-corrected chi connectivity index (χ1v) is 11.6. The van der Waals surface area contributed by atoms with Crippen LogP contribution in [0, 0.1) is 0 Å². The zero-order valence-electron chi connectivity index (χ0n) is 17.1. The van der Waals surface area contributed by atoms with Crippen molar-refractivity contribution in [1.29, 1.82) is 0 Å². The van der Waals surface area contributed by atoms with Crippen molar-refractivity contribution < 1.29 is 17.6 Å². The number of rotatable bonds is 8. The number of carbonyl (C=O) groups excluding carboxylic acids is 1. The quantitative estimate of drug-likeness (QED) is 0.530. The number of hydrogen-bond donors (Lipinski definition) is 0. The molecular formula is C23H27NO4S. The third-order valence-electron chi connectivity index (χ3n) is 5.11. The summed E-state index contributed by atoms with van der Waals surface area (Å²) in [4.78, 5) is 14.8. The van der Waals surface area contributed by atoms with Crippen LogP contribution < -0.4 is 0 Å². The average Bonchev–Trinajstić information content (AvgIpc) is 3.09. The number of aryl methyl sites for hydroxylation is 1. The van der Waals surface area contributed by atoms with Crippen LogP contribution in [-0.2, 0) is 22.8 Å². The molecule has 0 aliphatic rings. The Kier molecular flexibility index (Phi) is 6.42. The van der Waals surface area contributed by atoms with Gasteiger partial charge in [-0.05, 0) is 24.6 Å². The van der Waals surface area contributed by atoms with Gasteiger partial charge < -0.3 is 9.32 Å². The number of para-hydroxylation sites is 1. The molecule has 29 heavy (non-hydrogen) atoms. The second-order valence-corrected chi connectivity index (χ2v) is 9.41. The fourth-order valence-electron chi connectivity index (χ4n) is 3.45. The molecule has 0 saturated heterocycles. The van der Waals surface area contributed by atoms with Gasteiger partial charge in [0.25, 0.3) is 5.91 Å². The Labute approximate surface area is 172 Å². The molecule has 0 saturated carbocycles. The molecule has 0 fully saturated rings. The zero-order chi connectivity index (χ0) is 21.0. The van der Waals surface area contributed by atoms with Gasteiger partial charge in [-0.3, -0.25) is 4.79 Å². The lowest BCUT2D eigenvalue weighted by molar-refractivity contribution is 0.0781. The molecule has 0 bridgehead atoms. The van der Waals surface area contributed by atoms with E-state index in [0.29, 0.717) is 6.54 Å². The van der Waals surface area contributed by atoms with Gasteiger partial charge in [0.05, 0.1) is 16.2 Å². The van der Waals surface area contributed by atoms with Crippen LogP contribution in [0.2, 0.25) is 0 Å². The Morgan fingerprint density at radius 3 is 2.45 bits per heavy atom. The van der Waals surface area contributed by atoms with Crippen LogP contribution in [0.1, 0.15) is 48.4 Å². The van der Waals surface area contributed by atoms with E-state index in [0.717, 1.165) is 41.6 Å². The van der Waals surface area contributed by atoms with Crippen molar-refractivity contribution in [3.63, 3.8) is 0 Å². The molecule has 1 heterocycles. The third kappa shape index (κ3) is 4.37. The molecule has 0 aliphatic carbocycles. The molecule has 3 rings (SSSR count). The average molecular weight is 414 g/mol. The van der Waals surface area contributed by atoms with Gasteiger partial charge in [0.15, 0.2) is 9.84 Å². The van der Waals surface area contributed by atoms with E-state index < -0.39 is 9.84 Å². The van der Waals surface area contributed by atoms with Gasteiger partial charge in [0, 0.05) is 31.0 Å². The van der Waals surface area contributed by atoms with E-state index in [1.807, 2.05) is 24.3 Å². The van der Waals surface area contributed by atoms with Crippen molar-refractivity contribution in [3.05, 3.63) is 65.4 Å². The highest BCUT2D eigenvalue weighted by Crippen LogP contribution is 2.29. The van der Waals surface area contributed by atoms with Crippen LogP contribution in [0.3, 0.4) is 0 Å². The number of hydrogen-bond acceptors (Lipinski definition) is 4. The summed E-state index contributed by atoms with van der Waals surface area (Å²) in [5.41, 5.74) is 2.00. The fourth-order valence-corrected chi connectivity index (χ4v) is 4.53. The maximum atomic E-state index is 13.1. The minimum Gasteiger partial charge on any atom is -0.461 e. The Morgan fingerprint density at radius 1 is 1.03 bits per heavy atom. The normalized spacial score (nSPS) is 11.7. The lowest BCUT2D eigenvalue weighted by atomic mass is 10.1. The second-order valence-electron chi connectivity index (χ2n) is 7.16. The SMILES string of the molecule is CCCCc1oc2ccccc2c1CN(C)C(=O)c1ccccc1S(=O)(=O)CC. The summed E-state index contributed by atoms with van der Waals surface area (Å²) in [7, 11) is -1.79. The van der Waals surface area contributed by atoms with Crippen molar-refractivity contribution in [2.45, 2.75) is 44.6 Å². The maximum absolute atomic E-state index is 13.1. The summed E-state index contributed by atoms with van der Waals surface area (Å²) in [5.74, 6) is 0.528. The Balaban J connectivity index is 1.96. The molecule has 0 spiro atoms. The van der Waals surface area contributed by atoms with Gasteiger partial charge in [-0.15, -0.1) is 0 Å². The van der Waals surface area contributed by atoms with Gasteiger partial charge in [0.2, 0.25) is 0 Å². The van der Waals surface area contributed by atoms with Crippen LogP contribution in [0.4, 0.5) is 0 Å². The first kappa shape index (κ1) is 21.1. The second kappa shape index (κ2) is 8.82. The molecule has 154 valence electrons. The van der Waals surface area contributed by atoms with Crippen molar-refractivity contribution in [2.24, 2.45) is 0 Å². The van der Waals surface area contributed by atoms with E-state index in [-0.39, 0.29) is 22.1 Å². The van der Waals surface area contributed by atoms with Crippen LogP contribution in [0.25, 0.3) is 11.0 Å². The number of sulfone groups is 1. The maximum Gasteiger partial charge on any atom is 0.255 e. The van der Waals surface area contributed by atoms with E-state index in [1.165, 1.54) is 6.07 Å².